The maximum atomic E-state index is 11.3. The van der Waals surface area contributed by atoms with E-state index in [2.05, 4.69) is 63.7 Å². The van der Waals surface area contributed by atoms with Crippen LogP contribution in [0.25, 0.3) is 0 Å². The van der Waals surface area contributed by atoms with E-state index in [1.165, 1.54) is 0 Å². The van der Waals surface area contributed by atoms with Crippen molar-refractivity contribution in [2.75, 3.05) is 0 Å². The average Bonchev–Trinajstić information content (AvgIpc) is 2.35. The monoisotopic (exact) mass is 490 g/mol. The predicted octanol–water partition coefficient (Wildman–Crippen LogP) is 4.96. The molecule has 0 radical (unpaired) electrons. The summed E-state index contributed by atoms with van der Waals surface area (Å²) in [6.45, 7) is 0. The Balaban J connectivity index is 3.60. The first-order valence-corrected chi connectivity index (χ1v) is 9.22. The van der Waals surface area contributed by atoms with Gasteiger partial charge in [-0.15, -0.1) is 0 Å². The Labute approximate surface area is 134 Å². The van der Waals surface area contributed by atoms with Crippen molar-refractivity contribution in [2.24, 2.45) is 0 Å². The van der Waals surface area contributed by atoms with Gasteiger partial charge in [0.25, 0.3) is 0 Å². The van der Waals surface area contributed by atoms with E-state index in [-0.39, 0.29) is 0 Å². The summed E-state index contributed by atoms with van der Waals surface area (Å²) in [6.07, 6.45) is 0. The van der Waals surface area contributed by atoms with Gasteiger partial charge in [0.1, 0.15) is 0 Å². The van der Waals surface area contributed by atoms with Crippen LogP contribution in [0.3, 0.4) is 0 Å². The van der Waals surface area contributed by atoms with Crippen LogP contribution in [0.15, 0.2) is 6.07 Å². The van der Waals surface area contributed by atoms with E-state index in [0.29, 0.717) is 21.6 Å². The number of carbonyl (C=O) groups is 1. The van der Waals surface area contributed by atoms with Crippen LogP contribution >= 0.6 is 63.7 Å². The number of hydrogen-bond donors (Lipinski definition) is 1. The zero-order valence-corrected chi connectivity index (χ0v) is 15.1. The summed E-state index contributed by atoms with van der Waals surface area (Å²) in [5.41, 5.74) is 4.42. The Morgan fingerprint density at radius 3 is 1.82 bits per heavy atom. The minimum absolute atomic E-state index is 0.371. The van der Waals surface area contributed by atoms with E-state index < -0.39 is 5.97 Å². The quantitative estimate of drug-likeness (QED) is 0.589. The summed E-state index contributed by atoms with van der Waals surface area (Å²) in [7, 11) is 0. The lowest BCUT2D eigenvalue weighted by Crippen LogP contribution is -2.09. The first kappa shape index (κ1) is 15.7. The highest BCUT2D eigenvalue weighted by Gasteiger charge is 2.19. The van der Waals surface area contributed by atoms with Crippen molar-refractivity contribution in [3.05, 3.63) is 33.9 Å². The third-order valence-electron chi connectivity index (χ3n) is 2.54. The minimum atomic E-state index is -0.884. The third kappa shape index (κ3) is 3.33. The Hall–Kier alpha value is 0.610. The zero-order valence-electron chi connectivity index (χ0n) is 8.77. The average molecular weight is 494 g/mol. The first-order chi connectivity index (χ1) is 8.10. The molecule has 0 unspecified atom stereocenters. The van der Waals surface area contributed by atoms with Crippen molar-refractivity contribution in [2.45, 2.75) is 21.3 Å². The van der Waals surface area contributed by atoms with Gasteiger partial charge < -0.3 is 5.11 Å². The third-order valence-corrected chi connectivity index (χ3v) is 4.82. The van der Waals surface area contributed by atoms with Gasteiger partial charge in [-0.1, -0.05) is 63.7 Å². The normalized spacial score (nSPS) is 10.6. The number of carboxylic acid groups (broad SMARTS) is 1. The van der Waals surface area contributed by atoms with Crippen molar-refractivity contribution in [3.8, 4) is 0 Å². The van der Waals surface area contributed by atoms with Gasteiger partial charge >= 0.3 is 5.97 Å². The summed E-state index contributed by atoms with van der Waals surface area (Å²) < 4.78 is 0. The van der Waals surface area contributed by atoms with Crippen molar-refractivity contribution >= 4 is 69.7 Å². The zero-order chi connectivity index (χ0) is 13.0. The maximum Gasteiger partial charge on any atom is 0.336 e. The van der Waals surface area contributed by atoms with Crippen LogP contribution in [0.5, 0.6) is 0 Å². The van der Waals surface area contributed by atoms with Crippen LogP contribution in [-0.2, 0) is 21.3 Å². The highest BCUT2D eigenvalue weighted by atomic mass is 79.9. The molecule has 0 aromatic heterocycles. The van der Waals surface area contributed by atoms with Crippen molar-refractivity contribution in [1.82, 2.24) is 0 Å². The van der Waals surface area contributed by atoms with Crippen molar-refractivity contribution in [3.63, 3.8) is 0 Å². The molecule has 0 saturated heterocycles. The number of halogens is 4. The molecule has 1 rings (SSSR count). The fourth-order valence-electron chi connectivity index (χ4n) is 1.68. The number of rotatable bonds is 5. The van der Waals surface area contributed by atoms with E-state index >= 15 is 0 Å². The summed E-state index contributed by atoms with van der Waals surface area (Å²) in [6, 6.07) is 1.75. The molecule has 0 heterocycles. The van der Waals surface area contributed by atoms with Gasteiger partial charge in [-0.3, -0.25) is 0 Å². The minimum Gasteiger partial charge on any atom is -0.478 e. The van der Waals surface area contributed by atoms with E-state index in [0.717, 1.165) is 27.6 Å². The number of hydrogen-bond acceptors (Lipinski definition) is 1. The molecule has 0 aliphatic carbocycles. The fraction of sp³-hybridized carbons (Fsp3) is 0.364. The molecule has 0 bridgehead atoms. The van der Waals surface area contributed by atoms with Crippen LogP contribution in [-0.4, -0.2) is 11.1 Å². The molecular weight excluding hydrogens is 484 g/mol. The molecule has 0 spiro atoms. The molecule has 1 aromatic rings. The Kier molecular flexibility index (Phi) is 6.69. The van der Waals surface area contributed by atoms with Crippen molar-refractivity contribution < 1.29 is 9.90 Å². The lowest BCUT2D eigenvalue weighted by atomic mass is 9.94. The number of benzene rings is 1. The van der Waals surface area contributed by atoms with Gasteiger partial charge in [-0.25, -0.2) is 4.79 Å². The summed E-state index contributed by atoms with van der Waals surface area (Å²) in [4.78, 5) is 11.3. The molecule has 0 atom stereocenters. The lowest BCUT2D eigenvalue weighted by molar-refractivity contribution is 0.0696. The Bertz CT molecular complexity index is 432. The molecule has 17 heavy (non-hydrogen) atoms. The largest absolute Gasteiger partial charge is 0.478 e. The molecule has 0 aliphatic heterocycles. The number of carboxylic acids is 1. The second-order valence-electron chi connectivity index (χ2n) is 3.36. The molecule has 0 fully saturated rings. The fourth-order valence-corrected chi connectivity index (χ4v) is 4.19. The lowest BCUT2D eigenvalue weighted by Gasteiger charge is -2.16. The van der Waals surface area contributed by atoms with E-state index in [4.69, 9.17) is 0 Å². The van der Waals surface area contributed by atoms with Gasteiger partial charge in [0.2, 0.25) is 0 Å². The first-order valence-electron chi connectivity index (χ1n) is 4.74. The van der Waals surface area contributed by atoms with E-state index in [1.54, 1.807) is 6.07 Å². The van der Waals surface area contributed by atoms with E-state index in [1.807, 2.05) is 0 Å². The van der Waals surface area contributed by atoms with Crippen LogP contribution in [0, 0.1) is 0 Å². The van der Waals surface area contributed by atoms with Crippen LogP contribution in [0.1, 0.15) is 32.6 Å². The van der Waals surface area contributed by atoms with Gasteiger partial charge in [-0.2, -0.15) is 0 Å². The Morgan fingerprint density at radius 1 is 0.941 bits per heavy atom. The van der Waals surface area contributed by atoms with Gasteiger partial charge in [0, 0.05) is 21.3 Å². The maximum absolute atomic E-state index is 11.3. The summed E-state index contributed by atoms with van der Waals surface area (Å²) in [5.74, 6) is -0.884. The standard InChI is InChI=1S/C11H10Br4O2/c12-2-6-1-7(11(16)17)9(4-14)10(5-15)8(6)3-13/h1H,2-5H2,(H,16,17). The van der Waals surface area contributed by atoms with Gasteiger partial charge in [0.15, 0.2) is 0 Å². The molecule has 1 aromatic carbocycles. The molecular formula is C11H10Br4O2. The molecule has 94 valence electrons. The molecule has 1 N–H and O–H groups in total. The topological polar surface area (TPSA) is 37.3 Å². The van der Waals surface area contributed by atoms with Crippen molar-refractivity contribution in [1.29, 1.82) is 0 Å². The second kappa shape index (κ2) is 7.26. The molecule has 0 aliphatic rings. The highest BCUT2D eigenvalue weighted by molar-refractivity contribution is 9.09. The Morgan fingerprint density at radius 2 is 1.47 bits per heavy atom. The smallest absolute Gasteiger partial charge is 0.336 e. The molecule has 0 amide bonds. The molecule has 6 heteroatoms. The number of aromatic carboxylic acids is 1. The van der Waals surface area contributed by atoms with Gasteiger partial charge in [-0.05, 0) is 28.3 Å². The SMILES string of the molecule is O=C(O)c1cc(CBr)c(CBr)c(CBr)c1CBr. The molecule has 2 nitrogen and oxygen atoms in total. The second-order valence-corrected chi connectivity index (χ2v) is 5.60. The summed E-state index contributed by atoms with van der Waals surface area (Å²) in [5, 5.41) is 11.8. The number of alkyl halides is 4. The van der Waals surface area contributed by atoms with Crippen LogP contribution in [0.2, 0.25) is 0 Å². The van der Waals surface area contributed by atoms with E-state index in [9.17, 15) is 9.90 Å². The molecule has 0 saturated carbocycles. The van der Waals surface area contributed by atoms with Gasteiger partial charge in [0.05, 0.1) is 5.56 Å². The van der Waals surface area contributed by atoms with Crippen LogP contribution in [0.4, 0.5) is 0 Å². The van der Waals surface area contributed by atoms with Crippen LogP contribution < -0.4 is 0 Å². The highest BCUT2D eigenvalue weighted by Crippen LogP contribution is 2.30. The predicted molar refractivity (Wildman–Crippen MR) is 83.9 cm³/mol. The summed E-state index contributed by atoms with van der Waals surface area (Å²) >= 11 is 13.7.